The number of carbonyl (C=O) groups excluding carboxylic acids is 2. The molecule has 1 N–H and O–H groups in total. The third kappa shape index (κ3) is 4.43. The van der Waals surface area contributed by atoms with Gasteiger partial charge in [-0.3, -0.25) is 9.59 Å². The van der Waals surface area contributed by atoms with E-state index in [0.29, 0.717) is 19.0 Å². The Bertz CT molecular complexity index is 361. The Hall–Kier alpha value is -1.10. The molecule has 1 rings (SSSR count). The number of hydrogen-bond donors (Lipinski definition) is 1. The molecule has 1 heterocycles. The molecule has 21 heavy (non-hydrogen) atoms. The summed E-state index contributed by atoms with van der Waals surface area (Å²) in [5.74, 6) is 0.581. The minimum atomic E-state index is -0.328. The van der Waals surface area contributed by atoms with Gasteiger partial charge in [0, 0.05) is 19.6 Å². The van der Waals surface area contributed by atoms with Crippen molar-refractivity contribution >= 4 is 11.9 Å². The van der Waals surface area contributed by atoms with Crippen LogP contribution in [0.2, 0.25) is 0 Å². The molecule has 1 atom stereocenters. The van der Waals surface area contributed by atoms with Gasteiger partial charge in [-0.1, -0.05) is 27.7 Å². The lowest BCUT2D eigenvalue weighted by molar-refractivity contribution is -0.146. The molecule has 0 saturated carbocycles. The smallest absolute Gasteiger partial charge is 0.307 e. The lowest BCUT2D eigenvalue weighted by atomic mass is 9.75. The maximum absolute atomic E-state index is 13.1. The van der Waals surface area contributed by atoms with Crippen LogP contribution in [0.15, 0.2) is 0 Å². The van der Waals surface area contributed by atoms with Crippen molar-refractivity contribution in [1.29, 1.82) is 0 Å². The van der Waals surface area contributed by atoms with Gasteiger partial charge >= 0.3 is 5.97 Å². The number of rotatable bonds is 7. The highest BCUT2D eigenvalue weighted by atomic mass is 16.5. The normalized spacial score (nSPS) is 21.9. The van der Waals surface area contributed by atoms with Crippen molar-refractivity contribution in [2.24, 2.45) is 17.3 Å². The quantitative estimate of drug-likeness (QED) is 0.726. The SMILES string of the molecule is COC(=O)CCN(CC(C)C)C(=O)C1(C(C)C)CCNC1. The summed E-state index contributed by atoms with van der Waals surface area (Å²) in [6, 6.07) is 0. The van der Waals surface area contributed by atoms with Crippen molar-refractivity contribution < 1.29 is 14.3 Å². The molecule has 5 heteroatoms. The number of hydrogen-bond acceptors (Lipinski definition) is 4. The van der Waals surface area contributed by atoms with Crippen molar-refractivity contribution in [3.05, 3.63) is 0 Å². The number of nitrogens with zero attached hydrogens (tertiary/aromatic N) is 1. The minimum absolute atomic E-state index is 0.181. The van der Waals surface area contributed by atoms with Crippen LogP contribution < -0.4 is 5.32 Å². The van der Waals surface area contributed by atoms with Crippen molar-refractivity contribution in [2.75, 3.05) is 33.3 Å². The van der Waals surface area contributed by atoms with Crippen LogP contribution in [0, 0.1) is 17.3 Å². The van der Waals surface area contributed by atoms with Crippen molar-refractivity contribution in [1.82, 2.24) is 10.2 Å². The zero-order chi connectivity index (χ0) is 16.0. The fourth-order valence-corrected chi connectivity index (χ4v) is 2.99. The van der Waals surface area contributed by atoms with Crippen molar-refractivity contribution in [2.45, 2.75) is 40.5 Å². The van der Waals surface area contributed by atoms with E-state index < -0.39 is 0 Å². The number of amides is 1. The Labute approximate surface area is 128 Å². The number of nitrogens with one attached hydrogen (secondary N) is 1. The second-order valence-electron chi connectivity index (χ2n) is 6.71. The predicted octanol–water partition coefficient (Wildman–Crippen LogP) is 1.67. The van der Waals surface area contributed by atoms with E-state index in [1.165, 1.54) is 7.11 Å². The summed E-state index contributed by atoms with van der Waals surface area (Å²) >= 11 is 0. The van der Waals surface area contributed by atoms with E-state index in [1.807, 2.05) is 4.90 Å². The van der Waals surface area contributed by atoms with Crippen LogP contribution in [0.4, 0.5) is 0 Å². The van der Waals surface area contributed by atoms with Crippen LogP contribution in [0.25, 0.3) is 0 Å². The first-order valence-corrected chi connectivity index (χ1v) is 7.90. The van der Waals surface area contributed by atoms with Gasteiger partial charge in [-0.25, -0.2) is 0 Å². The molecule has 0 aromatic rings. The highest BCUT2D eigenvalue weighted by Crippen LogP contribution is 2.36. The third-order valence-electron chi connectivity index (χ3n) is 4.41. The van der Waals surface area contributed by atoms with Crippen LogP contribution in [0.3, 0.4) is 0 Å². The highest BCUT2D eigenvalue weighted by molar-refractivity contribution is 5.84. The number of ether oxygens (including phenoxy) is 1. The number of esters is 1. The van der Waals surface area contributed by atoms with Crippen molar-refractivity contribution in [3.63, 3.8) is 0 Å². The van der Waals surface area contributed by atoms with Gasteiger partial charge in [0.15, 0.2) is 0 Å². The fourth-order valence-electron chi connectivity index (χ4n) is 2.99. The van der Waals surface area contributed by atoms with Crippen LogP contribution in [-0.2, 0) is 14.3 Å². The molecule has 0 bridgehead atoms. The lowest BCUT2D eigenvalue weighted by Crippen LogP contribution is -2.49. The highest BCUT2D eigenvalue weighted by Gasteiger charge is 2.46. The summed E-state index contributed by atoms with van der Waals surface area (Å²) in [5.41, 5.74) is -0.328. The molecule has 122 valence electrons. The fraction of sp³-hybridized carbons (Fsp3) is 0.875. The Kier molecular flexibility index (Phi) is 6.65. The van der Waals surface area contributed by atoms with Gasteiger partial charge in [0.1, 0.15) is 0 Å². The first kappa shape index (κ1) is 18.0. The number of carbonyl (C=O) groups is 2. The zero-order valence-corrected chi connectivity index (χ0v) is 14.1. The molecular formula is C16H30N2O3. The van der Waals surface area contributed by atoms with E-state index in [0.717, 1.165) is 19.5 Å². The summed E-state index contributed by atoms with van der Waals surface area (Å²) in [7, 11) is 1.38. The maximum Gasteiger partial charge on any atom is 0.307 e. The molecular weight excluding hydrogens is 268 g/mol. The van der Waals surface area contributed by atoms with Gasteiger partial charge in [0.05, 0.1) is 18.9 Å². The van der Waals surface area contributed by atoms with Crippen LogP contribution in [-0.4, -0.2) is 50.1 Å². The Balaban J connectivity index is 2.84. The molecule has 5 nitrogen and oxygen atoms in total. The summed E-state index contributed by atoms with van der Waals surface area (Å²) in [4.78, 5) is 26.3. The lowest BCUT2D eigenvalue weighted by Gasteiger charge is -2.37. The van der Waals surface area contributed by atoms with Gasteiger partial charge in [-0.05, 0) is 24.8 Å². The second-order valence-corrected chi connectivity index (χ2v) is 6.71. The van der Waals surface area contributed by atoms with Gasteiger partial charge in [0.25, 0.3) is 0 Å². The van der Waals surface area contributed by atoms with Gasteiger partial charge < -0.3 is 15.0 Å². The first-order valence-electron chi connectivity index (χ1n) is 7.90. The molecule has 1 aliphatic heterocycles. The molecule has 0 aromatic carbocycles. The summed E-state index contributed by atoms with van der Waals surface area (Å²) in [6.45, 7) is 11.1. The monoisotopic (exact) mass is 298 g/mol. The van der Waals surface area contributed by atoms with E-state index in [2.05, 4.69) is 33.0 Å². The van der Waals surface area contributed by atoms with Gasteiger partial charge in [-0.2, -0.15) is 0 Å². The van der Waals surface area contributed by atoms with Crippen LogP contribution in [0.5, 0.6) is 0 Å². The largest absolute Gasteiger partial charge is 0.469 e. The molecule has 0 aliphatic carbocycles. The van der Waals surface area contributed by atoms with Crippen LogP contribution >= 0.6 is 0 Å². The molecule has 1 fully saturated rings. The summed E-state index contributed by atoms with van der Waals surface area (Å²) in [5, 5.41) is 3.32. The molecule has 1 unspecified atom stereocenters. The van der Waals surface area contributed by atoms with E-state index in [-0.39, 0.29) is 29.6 Å². The molecule has 1 amide bonds. The van der Waals surface area contributed by atoms with Gasteiger partial charge in [0.2, 0.25) is 5.91 Å². The Morgan fingerprint density at radius 3 is 2.38 bits per heavy atom. The average Bonchev–Trinajstić information content (AvgIpc) is 2.92. The minimum Gasteiger partial charge on any atom is -0.469 e. The Morgan fingerprint density at radius 2 is 1.95 bits per heavy atom. The number of methoxy groups -OCH3 is 1. The first-order chi connectivity index (χ1) is 9.83. The standard InChI is InChI=1S/C16H30N2O3/c1-12(2)10-18(9-6-14(19)21-5)15(20)16(13(3)4)7-8-17-11-16/h12-13,17H,6-11H2,1-5H3. The predicted molar refractivity (Wildman–Crippen MR) is 82.8 cm³/mol. The topological polar surface area (TPSA) is 58.6 Å². The third-order valence-corrected chi connectivity index (χ3v) is 4.41. The average molecular weight is 298 g/mol. The zero-order valence-electron chi connectivity index (χ0n) is 14.1. The molecule has 0 spiro atoms. The second kappa shape index (κ2) is 7.78. The van der Waals surface area contributed by atoms with E-state index in [9.17, 15) is 9.59 Å². The summed E-state index contributed by atoms with van der Waals surface area (Å²) < 4.78 is 4.69. The molecule has 1 saturated heterocycles. The Morgan fingerprint density at radius 1 is 1.29 bits per heavy atom. The molecule has 0 aromatic heterocycles. The molecule has 0 radical (unpaired) electrons. The van der Waals surface area contributed by atoms with Gasteiger partial charge in [-0.15, -0.1) is 0 Å². The maximum atomic E-state index is 13.1. The summed E-state index contributed by atoms with van der Waals surface area (Å²) in [6.07, 6.45) is 1.13. The van der Waals surface area contributed by atoms with Crippen LogP contribution in [0.1, 0.15) is 40.5 Å². The van der Waals surface area contributed by atoms with Crippen molar-refractivity contribution in [3.8, 4) is 0 Å². The van der Waals surface area contributed by atoms with E-state index >= 15 is 0 Å². The molecule has 1 aliphatic rings. The van der Waals surface area contributed by atoms with E-state index in [1.54, 1.807) is 0 Å². The van der Waals surface area contributed by atoms with E-state index in [4.69, 9.17) is 4.74 Å².